The van der Waals surface area contributed by atoms with Gasteiger partial charge in [-0.15, -0.1) is 0 Å². The van der Waals surface area contributed by atoms with Gasteiger partial charge in [0.05, 0.1) is 11.4 Å². The Morgan fingerprint density at radius 3 is 1.61 bits per heavy atom. The van der Waals surface area contributed by atoms with E-state index in [9.17, 15) is 0 Å². The predicted molar refractivity (Wildman–Crippen MR) is 105 cm³/mol. The summed E-state index contributed by atoms with van der Waals surface area (Å²) in [6, 6.07) is 18.7. The van der Waals surface area contributed by atoms with Crippen molar-refractivity contribution in [2.75, 3.05) is 9.80 Å². The fourth-order valence-corrected chi connectivity index (χ4v) is 3.88. The lowest BCUT2D eigenvalue weighted by Crippen LogP contribution is -2.54. The Labute approximate surface area is 162 Å². The Morgan fingerprint density at radius 1 is 0.679 bits per heavy atom. The highest BCUT2D eigenvalue weighted by atomic mass is 16.8. The van der Waals surface area contributed by atoms with Crippen molar-refractivity contribution in [2.45, 2.75) is 12.5 Å². The minimum absolute atomic E-state index is 0.679. The zero-order chi connectivity index (χ0) is 18.6. The topological polar surface area (TPSA) is 50.7 Å². The van der Waals surface area contributed by atoms with Gasteiger partial charge in [-0.1, -0.05) is 36.4 Å². The van der Waals surface area contributed by atoms with Gasteiger partial charge < -0.3 is 9.47 Å². The molecule has 2 aromatic carbocycles. The summed E-state index contributed by atoms with van der Waals surface area (Å²) in [5.74, 6) is 2.85. The fraction of sp³-hybridized carbons (Fsp3) is 0.0909. The average Bonchev–Trinajstić information content (AvgIpc) is 3.39. The highest BCUT2D eigenvalue weighted by Gasteiger charge is 2.63. The molecule has 6 nitrogen and oxygen atoms in total. The molecule has 0 atom stereocenters. The van der Waals surface area contributed by atoms with Crippen molar-refractivity contribution in [1.82, 2.24) is 9.97 Å². The molecule has 1 aromatic heterocycles. The molecule has 0 bridgehead atoms. The number of fused-ring (bicyclic) bond motifs is 2. The predicted octanol–water partition coefficient (Wildman–Crippen LogP) is 4.60. The maximum atomic E-state index is 6.49. The van der Waals surface area contributed by atoms with Crippen LogP contribution >= 0.6 is 0 Å². The second kappa shape index (κ2) is 5.60. The largest absolute Gasteiger partial charge is 0.446 e. The fourth-order valence-electron chi connectivity index (χ4n) is 3.88. The highest BCUT2D eigenvalue weighted by Crippen LogP contribution is 2.56. The smallest absolute Gasteiger partial charge is 0.414 e. The molecule has 0 N–H and O–H groups in total. The van der Waals surface area contributed by atoms with Gasteiger partial charge in [-0.25, -0.2) is 19.8 Å². The number of benzene rings is 2. The first-order valence-electron chi connectivity index (χ1n) is 9.17. The standard InChI is InChI=1S/C22H16N4O2/c1-3-8-16(9-4-1)25-20-21(24-15-14-23-20)26(17-10-5-2-6-11-17)22(25)27-18-12-7-13-19(18)28-22/h1-6,8-15H,7H2. The summed E-state index contributed by atoms with van der Waals surface area (Å²) in [7, 11) is 0. The molecular weight excluding hydrogens is 352 g/mol. The maximum Gasteiger partial charge on any atom is 0.446 e. The Kier molecular flexibility index (Phi) is 3.05. The van der Waals surface area contributed by atoms with Crippen LogP contribution in [0.2, 0.25) is 0 Å². The Morgan fingerprint density at radius 2 is 1.14 bits per heavy atom. The third-order valence-electron chi connectivity index (χ3n) is 5.01. The molecule has 0 radical (unpaired) electrons. The van der Waals surface area contributed by atoms with Crippen LogP contribution < -0.4 is 9.80 Å². The van der Waals surface area contributed by atoms with Crippen LogP contribution in [-0.4, -0.2) is 16.0 Å². The molecule has 3 aliphatic rings. The number of ether oxygens (including phenoxy) is 2. The number of anilines is 4. The zero-order valence-electron chi connectivity index (χ0n) is 14.9. The van der Waals surface area contributed by atoms with E-state index < -0.39 is 6.03 Å². The summed E-state index contributed by atoms with van der Waals surface area (Å²) < 4.78 is 13.0. The van der Waals surface area contributed by atoms with E-state index in [0.717, 1.165) is 29.3 Å². The number of hydrogen-bond acceptors (Lipinski definition) is 6. The second-order valence-corrected chi connectivity index (χ2v) is 6.67. The third kappa shape index (κ3) is 1.97. The van der Waals surface area contributed by atoms with Gasteiger partial charge in [0.25, 0.3) is 0 Å². The normalized spacial score (nSPS) is 18.3. The van der Waals surface area contributed by atoms with Gasteiger partial charge in [-0.3, -0.25) is 0 Å². The molecule has 1 spiro atoms. The minimum Gasteiger partial charge on any atom is -0.414 e. The molecule has 136 valence electrons. The van der Waals surface area contributed by atoms with E-state index in [0.29, 0.717) is 11.6 Å². The van der Waals surface area contributed by atoms with Crippen LogP contribution in [0.4, 0.5) is 23.0 Å². The molecule has 3 aromatic rings. The minimum atomic E-state index is -1.26. The molecule has 0 saturated carbocycles. The van der Waals surface area contributed by atoms with Crippen molar-refractivity contribution >= 4 is 23.0 Å². The molecule has 6 rings (SSSR count). The lowest BCUT2D eigenvalue weighted by atomic mass is 10.3. The number of nitrogens with zero attached hydrogens (tertiary/aromatic N) is 4. The summed E-state index contributed by atoms with van der Waals surface area (Å²) in [6.07, 6.45) is 8.23. The van der Waals surface area contributed by atoms with E-state index >= 15 is 0 Å². The molecule has 3 heterocycles. The Balaban J connectivity index is 1.63. The van der Waals surface area contributed by atoms with Gasteiger partial charge in [0.2, 0.25) is 0 Å². The third-order valence-corrected chi connectivity index (χ3v) is 5.01. The van der Waals surface area contributed by atoms with E-state index in [2.05, 4.69) is 9.97 Å². The van der Waals surface area contributed by atoms with Crippen molar-refractivity contribution in [3.63, 3.8) is 0 Å². The van der Waals surface area contributed by atoms with E-state index in [1.165, 1.54) is 0 Å². The molecule has 2 aliphatic heterocycles. The van der Waals surface area contributed by atoms with Crippen molar-refractivity contribution in [3.8, 4) is 0 Å². The molecule has 1 saturated heterocycles. The van der Waals surface area contributed by atoms with Crippen molar-refractivity contribution < 1.29 is 9.47 Å². The van der Waals surface area contributed by atoms with Crippen molar-refractivity contribution in [2.24, 2.45) is 0 Å². The summed E-state index contributed by atoms with van der Waals surface area (Å²) in [6.45, 7) is 0. The van der Waals surface area contributed by atoms with E-state index in [1.807, 2.05) is 82.6 Å². The molecule has 0 amide bonds. The van der Waals surface area contributed by atoms with E-state index in [-0.39, 0.29) is 0 Å². The van der Waals surface area contributed by atoms with Crippen LogP contribution in [0.5, 0.6) is 0 Å². The van der Waals surface area contributed by atoms with Crippen LogP contribution in [-0.2, 0) is 9.47 Å². The van der Waals surface area contributed by atoms with Gasteiger partial charge in [-0.2, -0.15) is 0 Å². The first kappa shape index (κ1) is 15.3. The van der Waals surface area contributed by atoms with Crippen LogP contribution in [0.3, 0.4) is 0 Å². The quantitative estimate of drug-likeness (QED) is 0.659. The summed E-state index contributed by atoms with van der Waals surface area (Å²) >= 11 is 0. The first-order valence-corrected chi connectivity index (χ1v) is 9.17. The summed E-state index contributed by atoms with van der Waals surface area (Å²) in [5.41, 5.74) is 1.81. The zero-order valence-corrected chi connectivity index (χ0v) is 14.9. The van der Waals surface area contributed by atoms with Gasteiger partial charge in [0.15, 0.2) is 23.2 Å². The summed E-state index contributed by atoms with van der Waals surface area (Å²) in [5, 5.41) is 0. The van der Waals surface area contributed by atoms with Gasteiger partial charge in [0, 0.05) is 12.4 Å². The lowest BCUT2D eigenvalue weighted by molar-refractivity contribution is -0.119. The van der Waals surface area contributed by atoms with Gasteiger partial charge >= 0.3 is 6.03 Å². The van der Waals surface area contributed by atoms with Crippen LogP contribution in [0, 0.1) is 0 Å². The SMILES string of the molecule is C1=C2OC3(OC2=CC1)N(c1ccccc1)c1nccnc1N3c1ccccc1. The summed E-state index contributed by atoms with van der Waals surface area (Å²) in [4.78, 5) is 13.2. The monoisotopic (exact) mass is 368 g/mol. The molecular formula is C22H16N4O2. The van der Waals surface area contributed by atoms with E-state index in [1.54, 1.807) is 12.4 Å². The number of para-hydroxylation sites is 2. The van der Waals surface area contributed by atoms with Crippen LogP contribution in [0.1, 0.15) is 6.42 Å². The van der Waals surface area contributed by atoms with Gasteiger partial charge in [0.1, 0.15) is 0 Å². The molecule has 1 aliphatic carbocycles. The van der Waals surface area contributed by atoms with Crippen LogP contribution in [0.15, 0.2) is 96.7 Å². The van der Waals surface area contributed by atoms with Crippen molar-refractivity contribution in [1.29, 1.82) is 0 Å². The number of hydrogen-bond donors (Lipinski definition) is 0. The molecule has 0 unspecified atom stereocenters. The van der Waals surface area contributed by atoms with Crippen molar-refractivity contribution in [3.05, 3.63) is 96.7 Å². The molecule has 6 heteroatoms. The lowest BCUT2D eigenvalue weighted by Gasteiger charge is -2.37. The highest BCUT2D eigenvalue weighted by molar-refractivity contribution is 5.84. The second-order valence-electron chi connectivity index (χ2n) is 6.67. The van der Waals surface area contributed by atoms with E-state index in [4.69, 9.17) is 9.47 Å². The van der Waals surface area contributed by atoms with Crippen LogP contribution in [0.25, 0.3) is 0 Å². The molecule has 28 heavy (non-hydrogen) atoms. The van der Waals surface area contributed by atoms with Gasteiger partial charge in [-0.05, 0) is 42.8 Å². The Hall–Kier alpha value is -3.80. The number of allylic oxidation sites excluding steroid dienone is 2. The number of rotatable bonds is 2. The number of aromatic nitrogens is 2. The first-order chi connectivity index (χ1) is 13.9. The Bertz CT molecular complexity index is 1020. The molecule has 1 fully saturated rings. The average molecular weight is 368 g/mol. The maximum absolute atomic E-state index is 6.49.